The van der Waals surface area contributed by atoms with Gasteiger partial charge in [-0.05, 0) is 0 Å². The standard InChI is InChI=1S/C15H20O5/c1-9-12(16)13-11(19-14(9)17-2)8-18-15(20-13)10-6-4-3-5-7-10/h3-7,9,11-16H,8H2,1-2H3/t9-,11-,12+,13-,14+,15-/m1/s1. The Morgan fingerprint density at radius 3 is 2.65 bits per heavy atom. The van der Waals surface area contributed by atoms with Gasteiger partial charge in [0, 0.05) is 18.6 Å². The van der Waals surface area contributed by atoms with E-state index in [-0.39, 0.29) is 12.0 Å². The molecular weight excluding hydrogens is 260 g/mol. The van der Waals surface area contributed by atoms with Crippen LogP contribution < -0.4 is 0 Å². The molecule has 1 aromatic rings. The summed E-state index contributed by atoms with van der Waals surface area (Å²) >= 11 is 0. The first-order chi connectivity index (χ1) is 9.70. The molecule has 0 radical (unpaired) electrons. The molecule has 0 bridgehead atoms. The number of ether oxygens (including phenoxy) is 4. The molecule has 0 aliphatic carbocycles. The third-order valence-electron chi connectivity index (χ3n) is 3.98. The number of aliphatic hydroxyl groups excluding tert-OH is 1. The molecule has 0 aromatic heterocycles. The van der Waals surface area contributed by atoms with Gasteiger partial charge in [-0.25, -0.2) is 0 Å². The number of methoxy groups -OCH3 is 1. The zero-order valence-electron chi connectivity index (χ0n) is 11.6. The van der Waals surface area contributed by atoms with Gasteiger partial charge in [-0.2, -0.15) is 0 Å². The molecule has 0 unspecified atom stereocenters. The van der Waals surface area contributed by atoms with Gasteiger partial charge >= 0.3 is 0 Å². The van der Waals surface area contributed by atoms with E-state index in [9.17, 15) is 5.11 Å². The molecule has 2 heterocycles. The largest absolute Gasteiger partial charge is 0.390 e. The van der Waals surface area contributed by atoms with Gasteiger partial charge in [-0.1, -0.05) is 37.3 Å². The summed E-state index contributed by atoms with van der Waals surface area (Å²) in [5.74, 6) is -0.143. The molecule has 2 aliphatic rings. The molecular formula is C15H20O5. The Morgan fingerprint density at radius 2 is 1.95 bits per heavy atom. The molecule has 0 amide bonds. The predicted octanol–water partition coefficient (Wildman–Crippen LogP) is 1.47. The molecule has 2 fully saturated rings. The van der Waals surface area contributed by atoms with Gasteiger partial charge in [0.1, 0.15) is 12.2 Å². The summed E-state index contributed by atoms with van der Waals surface area (Å²) in [5, 5.41) is 10.4. The van der Waals surface area contributed by atoms with Crippen LogP contribution in [0, 0.1) is 5.92 Å². The van der Waals surface area contributed by atoms with E-state index in [4.69, 9.17) is 18.9 Å². The number of aliphatic hydroxyl groups is 1. The molecule has 0 spiro atoms. The van der Waals surface area contributed by atoms with E-state index < -0.39 is 24.8 Å². The number of rotatable bonds is 2. The molecule has 2 aliphatic heterocycles. The normalized spacial score (nSPS) is 41.1. The van der Waals surface area contributed by atoms with Crippen LogP contribution in [0.1, 0.15) is 18.8 Å². The Labute approximate surface area is 118 Å². The van der Waals surface area contributed by atoms with Crippen LogP contribution in [0.25, 0.3) is 0 Å². The fraction of sp³-hybridized carbons (Fsp3) is 0.600. The Balaban J connectivity index is 1.74. The third kappa shape index (κ3) is 2.47. The van der Waals surface area contributed by atoms with Gasteiger partial charge in [0.15, 0.2) is 12.6 Å². The topological polar surface area (TPSA) is 57.2 Å². The lowest BCUT2D eigenvalue weighted by atomic mass is 9.91. The van der Waals surface area contributed by atoms with Crippen molar-refractivity contribution in [2.45, 2.75) is 37.8 Å². The lowest BCUT2D eigenvalue weighted by Gasteiger charge is -2.46. The maximum Gasteiger partial charge on any atom is 0.184 e. The number of fused-ring (bicyclic) bond motifs is 1. The van der Waals surface area contributed by atoms with Gasteiger partial charge in [0.2, 0.25) is 0 Å². The van der Waals surface area contributed by atoms with Crippen LogP contribution in [0.4, 0.5) is 0 Å². The van der Waals surface area contributed by atoms with E-state index in [1.165, 1.54) is 0 Å². The Bertz CT molecular complexity index is 435. The van der Waals surface area contributed by atoms with Crippen LogP contribution in [-0.4, -0.2) is 43.4 Å². The lowest BCUT2D eigenvalue weighted by Crippen LogP contribution is -2.58. The maximum absolute atomic E-state index is 10.4. The molecule has 20 heavy (non-hydrogen) atoms. The molecule has 0 saturated carbocycles. The number of hydrogen-bond donors (Lipinski definition) is 1. The first-order valence-corrected chi connectivity index (χ1v) is 6.89. The van der Waals surface area contributed by atoms with Crippen LogP contribution in [0.3, 0.4) is 0 Å². The van der Waals surface area contributed by atoms with E-state index in [1.54, 1.807) is 7.11 Å². The van der Waals surface area contributed by atoms with Crippen molar-refractivity contribution >= 4 is 0 Å². The molecule has 3 rings (SSSR count). The summed E-state index contributed by atoms with van der Waals surface area (Å²) in [7, 11) is 1.57. The van der Waals surface area contributed by atoms with E-state index in [1.807, 2.05) is 37.3 Å². The molecule has 110 valence electrons. The van der Waals surface area contributed by atoms with Crippen LogP contribution in [0.15, 0.2) is 30.3 Å². The number of hydrogen-bond acceptors (Lipinski definition) is 5. The Kier molecular flexibility index (Phi) is 4.05. The monoisotopic (exact) mass is 280 g/mol. The minimum atomic E-state index is -0.631. The summed E-state index contributed by atoms with van der Waals surface area (Å²) in [6.07, 6.45) is -2.20. The second-order valence-corrected chi connectivity index (χ2v) is 5.30. The van der Waals surface area contributed by atoms with E-state index in [2.05, 4.69) is 0 Å². The first kappa shape index (κ1) is 14.0. The fourth-order valence-electron chi connectivity index (χ4n) is 2.78. The molecule has 2 saturated heterocycles. The van der Waals surface area contributed by atoms with Crippen LogP contribution in [0.2, 0.25) is 0 Å². The van der Waals surface area contributed by atoms with Gasteiger partial charge in [0.05, 0.1) is 12.7 Å². The second-order valence-electron chi connectivity index (χ2n) is 5.30. The van der Waals surface area contributed by atoms with E-state index >= 15 is 0 Å². The summed E-state index contributed by atoms with van der Waals surface area (Å²) in [5.41, 5.74) is 0.944. The zero-order valence-corrected chi connectivity index (χ0v) is 11.6. The molecule has 5 heteroatoms. The summed E-state index contributed by atoms with van der Waals surface area (Å²) in [4.78, 5) is 0. The van der Waals surface area contributed by atoms with Crippen molar-refractivity contribution in [1.29, 1.82) is 0 Å². The highest BCUT2D eigenvalue weighted by Crippen LogP contribution is 2.36. The van der Waals surface area contributed by atoms with Crippen molar-refractivity contribution in [1.82, 2.24) is 0 Å². The third-order valence-corrected chi connectivity index (χ3v) is 3.98. The maximum atomic E-state index is 10.4. The summed E-state index contributed by atoms with van der Waals surface area (Å²) < 4.78 is 22.6. The first-order valence-electron chi connectivity index (χ1n) is 6.89. The molecule has 5 nitrogen and oxygen atoms in total. The quantitative estimate of drug-likeness (QED) is 0.889. The van der Waals surface area contributed by atoms with Gasteiger partial charge in [-0.3, -0.25) is 0 Å². The average molecular weight is 280 g/mol. The lowest BCUT2D eigenvalue weighted by molar-refractivity contribution is -0.348. The van der Waals surface area contributed by atoms with E-state index in [0.29, 0.717) is 6.61 Å². The van der Waals surface area contributed by atoms with Crippen molar-refractivity contribution in [3.8, 4) is 0 Å². The molecule has 6 atom stereocenters. The van der Waals surface area contributed by atoms with Crippen LogP contribution in [0.5, 0.6) is 0 Å². The predicted molar refractivity (Wildman–Crippen MR) is 70.8 cm³/mol. The van der Waals surface area contributed by atoms with Crippen molar-refractivity contribution < 1.29 is 24.1 Å². The summed E-state index contributed by atoms with van der Waals surface area (Å²) in [6, 6.07) is 9.71. The Morgan fingerprint density at radius 1 is 1.20 bits per heavy atom. The minimum absolute atomic E-state index is 0.143. The van der Waals surface area contributed by atoms with Crippen molar-refractivity contribution in [2.75, 3.05) is 13.7 Å². The van der Waals surface area contributed by atoms with Crippen molar-refractivity contribution in [3.05, 3.63) is 35.9 Å². The smallest absolute Gasteiger partial charge is 0.184 e. The van der Waals surface area contributed by atoms with Crippen molar-refractivity contribution in [2.24, 2.45) is 5.92 Å². The van der Waals surface area contributed by atoms with Gasteiger partial charge in [0.25, 0.3) is 0 Å². The highest BCUT2D eigenvalue weighted by Gasteiger charge is 2.47. The zero-order chi connectivity index (χ0) is 14.1. The second kappa shape index (κ2) is 5.79. The fourth-order valence-corrected chi connectivity index (χ4v) is 2.78. The minimum Gasteiger partial charge on any atom is -0.390 e. The van der Waals surface area contributed by atoms with Gasteiger partial charge in [-0.15, -0.1) is 0 Å². The highest BCUT2D eigenvalue weighted by molar-refractivity contribution is 5.16. The SMILES string of the molecule is CO[C@H]1O[C@@H]2CO[C@@H](c3ccccc3)O[C@H]2[C@@H](O)[C@H]1C. The average Bonchev–Trinajstić information content (AvgIpc) is 2.51. The summed E-state index contributed by atoms with van der Waals surface area (Å²) in [6.45, 7) is 2.28. The van der Waals surface area contributed by atoms with E-state index in [0.717, 1.165) is 5.56 Å². The Hall–Kier alpha value is -0.980. The van der Waals surface area contributed by atoms with Gasteiger partial charge < -0.3 is 24.1 Å². The van der Waals surface area contributed by atoms with Crippen LogP contribution >= 0.6 is 0 Å². The van der Waals surface area contributed by atoms with Crippen LogP contribution in [-0.2, 0) is 18.9 Å². The highest BCUT2D eigenvalue weighted by atomic mass is 16.7. The number of benzene rings is 1. The molecule has 1 aromatic carbocycles. The van der Waals surface area contributed by atoms with Crippen molar-refractivity contribution in [3.63, 3.8) is 0 Å². The molecule has 1 N–H and O–H groups in total.